The van der Waals surface area contributed by atoms with Gasteiger partial charge >= 0.3 is 6.09 Å². The number of amides is 1. The van der Waals surface area contributed by atoms with E-state index in [1.165, 1.54) is 0 Å². The van der Waals surface area contributed by atoms with E-state index in [-0.39, 0.29) is 12.1 Å². The van der Waals surface area contributed by atoms with Crippen LogP contribution in [-0.2, 0) is 9.47 Å². The van der Waals surface area contributed by atoms with E-state index in [4.69, 9.17) is 9.47 Å². The van der Waals surface area contributed by atoms with Gasteiger partial charge in [-0.25, -0.2) is 4.79 Å². The molecule has 0 radical (unpaired) electrons. The Morgan fingerprint density at radius 3 is 2.60 bits per heavy atom. The third-order valence-corrected chi connectivity index (χ3v) is 2.16. The van der Waals surface area contributed by atoms with E-state index < -0.39 is 5.60 Å². The second-order valence-electron chi connectivity index (χ2n) is 4.94. The first-order chi connectivity index (χ1) is 6.90. The van der Waals surface area contributed by atoms with Crippen molar-refractivity contribution in [3.63, 3.8) is 0 Å². The third kappa shape index (κ3) is 5.62. The van der Waals surface area contributed by atoms with Crippen LogP contribution in [-0.4, -0.2) is 30.4 Å². The molecule has 0 saturated carbocycles. The average molecular weight is 215 g/mol. The molecule has 88 valence electrons. The maximum absolute atomic E-state index is 11.5. The van der Waals surface area contributed by atoms with Crippen LogP contribution in [0, 0.1) is 0 Å². The summed E-state index contributed by atoms with van der Waals surface area (Å²) in [5.41, 5.74) is -0.432. The molecule has 0 aliphatic carbocycles. The van der Waals surface area contributed by atoms with Crippen LogP contribution in [0.5, 0.6) is 0 Å². The van der Waals surface area contributed by atoms with Gasteiger partial charge in [0.15, 0.2) is 0 Å². The van der Waals surface area contributed by atoms with Crippen molar-refractivity contribution in [1.29, 1.82) is 0 Å². The largest absolute Gasteiger partial charge is 0.444 e. The molecule has 2 atom stereocenters. The summed E-state index contributed by atoms with van der Waals surface area (Å²) in [6.45, 7) is 8.45. The summed E-state index contributed by atoms with van der Waals surface area (Å²) < 4.78 is 10.3. The molecule has 2 unspecified atom stereocenters. The van der Waals surface area contributed by atoms with Crippen molar-refractivity contribution in [3.8, 4) is 0 Å². The van der Waals surface area contributed by atoms with Crippen LogP contribution < -0.4 is 5.32 Å². The second kappa shape index (κ2) is 4.84. The average Bonchev–Trinajstić information content (AvgIpc) is 2.83. The summed E-state index contributed by atoms with van der Waals surface area (Å²) in [6.07, 6.45) is 1.79. The van der Waals surface area contributed by atoms with Crippen LogP contribution in [0.3, 0.4) is 0 Å². The van der Waals surface area contributed by atoms with Gasteiger partial charge in [-0.05, 0) is 33.6 Å². The van der Waals surface area contributed by atoms with E-state index in [0.717, 1.165) is 19.4 Å². The van der Waals surface area contributed by atoms with Gasteiger partial charge in [0.05, 0.1) is 12.7 Å². The summed E-state index contributed by atoms with van der Waals surface area (Å²) >= 11 is 0. The fraction of sp³-hybridized carbons (Fsp3) is 0.909. The minimum absolute atomic E-state index is 0.160. The van der Waals surface area contributed by atoms with E-state index in [9.17, 15) is 4.79 Å². The lowest BCUT2D eigenvalue weighted by molar-refractivity contribution is 0.0498. The van der Waals surface area contributed by atoms with Crippen molar-refractivity contribution in [1.82, 2.24) is 5.32 Å². The number of carbonyl (C=O) groups is 1. The Morgan fingerprint density at radius 2 is 2.20 bits per heavy atom. The summed E-state index contributed by atoms with van der Waals surface area (Å²) in [7, 11) is 0. The van der Waals surface area contributed by atoms with Crippen molar-refractivity contribution >= 4 is 6.09 Å². The van der Waals surface area contributed by atoms with Crippen LogP contribution in [0.15, 0.2) is 0 Å². The van der Waals surface area contributed by atoms with Gasteiger partial charge in [-0.15, -0.1) is 0 Å². The lowest BCUT2D eigenvalue weighted by Crippen LogP contribution is -2.39. The topological polar surface area (TPSA) is 50.9 Å². The molecule has 1 aliphatic heterocycles. The predicted molar refractivity (Wildman–Crippen MR) is 57.8 cm³/mol. The molecule has 1 saturated heterocycles. The van der Waals surface area contributed by atoms with Crippen molar-refractivity contribution in [2.24, 2.45) is 0 Å². The molecule has 0 aromatic rings. The number of alkyl carbamates (subject to hydrolysis) is 1. The summed E-state index contributed by atoms with van der Waals surface area (Å²) in [5, 5.41) is 2.85. The van der Waals surface area contributed by atoms with Crippen molar-refractivity contribution in [3.05, 3.63) is 0 Å². The minimum atomic E-state index is -0.432. The Bertz CT molecular complexity index is 218. The van der Waals surface area contributed by atoms with Gasteiger partial charge in [0.2, 0.25) is 0 Å². The molecule has 1 heterocycles. The Kier molecular flexibility index (Phi) is 3.97. The van der Waals surface area contributed by atoms with Crippen LogP contribution in [0.4, 0.5) is 4.79 Å². The lowest BCUT2D eigenvalue weighted by Gasteiger charge is -2.22. The fourth-order valence-corrected chi connectivity index (χ4v) is 1.32. The van der Waals surface area contributed by atoms with E-state index in [1.54, 1.807) is 0 Å². The monoisotopic (exact) mass is 215 g/mol. The number of hydrogen-bond donors (Lipinski definition) is 1. The highest BCUT2D eigenvalue weighted by atomic mass is 16.6. The summed E-state index contributed by atoms with van der Waals surface area (Å²) in [5.74, 6) is 0. The third-order valence-electron chi connectivity index (χ3n) is 2.16. The van der Waals surface area contributed by atoms with Gasteiger partial charge in [0, 0.05) is 6.04 Å². The first-order valence-corrected chi connectivity index (χ1v) is 5.52. The number of epoxide rings is 1. The Morgan fingerprint density at radius 1 is 1.60 bits per heavy atom. The molecule has 1 aliphatic rings. The van der Waals surface area contributed by atoms with Crippen LogP contribution in [0.1, 0.15) is 40.5 Å². The molecule has 1 amide bonds. The Labute approximate surface area is 91.3 Å². The number of hydrogen-bond acceptors (Lipinski definition) is 3. The zero-order valence-electron chi connectivity index (χ0n) is 10.0. The van der Waals surface area contributed by atoms with Crippen LogP contribution in [0.25, 0.3) is 0 Å². The van der Waals surface area contributed by atoms with Gasteiger partial charge in [-0.1, -0.05) is 6.92 Å². The zero-order valence-corrected chi connectivity index (χ0v) is 10.0. The Balaban J connectivity index is 2.27. The summed E-state index contributed by atoms with van der Waals surface area (Å²) in [6, 6.07) is 0.160. The maximum atomic E-state index is 11.5. The van der Waals surface area contributed by atoms with Gasteiger partial charge in [0.25, 0.3) is 0 Å². The molecule has 15 heavy (non-hydrogen) atoms. The van der Waals surface area contributed by atoms with Gasteiger partial charge in [-0.2, -0.15) is 0 Å². The highest BCUT2D eigenvalue weighted by Gasteiger charge is 2.27. The van der Waals surface area contributed by atoms with Crippen molar-refractivity contribution < 1.29 is 14.3 Å². The molecule has 0 aromatic heterocycles. The van der Waals surface area contributed by atoms with E-state index in [2.05, 4.69) is 5.32 Å². The molecular formula is C11H21NO3. The fourth-order valence-electron chi connectivity index (χ4n) is 1.32. The van der Waals surface area contributed by atoms with Crippen LogP contribution >= 0.6 is 0 Å². The molecule has 1 rings (SSSR count). The highest BCUT2D eigenvalue weighted by Crippen LogP contribution is 2.17. The van der Waals surface area contributed by atoms with Crippen molar-refractivity contribution in [2.45, 2.75) is 58.3 Å². The van der Waals surface area contributed by atoms with E-state index in [1.807, 2.05) is 27.7 Å². The van der Waals surface area contributed by atoms with Gasteiger partial charge in [0.1, 0.15) is 5.60 Å². The molecule has 4 heteroatoms. The second-order valence-corrected chi connectivity index (χ2v) is 4.94. The minimum Gasteiger partial charge on any atom is -0.444 e. The summed E-state index contributed by atoms with van der Waals surface area (Å²) in [4.78, 5) is 11.5. The molecule has 1 fully saturated rings. The molecular weight excluding hydrogens is 194 g/mol. The molecule has 0 aromatic carbocycles. The number of carbonyl (C=O) groups excluding carboxylic acids is 1. The van der Waals surface area contributed by atoms with Crippen LogP contribution in [0.2, 0.25) is 0 Å². The standard InChI is InChI=1S/C11H21NO3/c1-5-8(6-9-7-14-9)12-10(13)15-11(2,3)4/h8-9H,5-7H2,1-4H3,(H,12,13). The normalized spacial score (nSPS) is 22.0. The number of rotatable bonds is 4. The number of nitrogens with one attached hydrogen (secondary N) is 1. The van der Waals surface area contributed by atoms with E-state index in [0.29, 0.717) is 6.10 Å². The molecule has 0 bridgehead atoms. The maximum Gasteiger partial charge on any atom is 0.407 e. The predicted octanol–water partition coefficient (Wildman–Crippen LogP) is 2.08. The lowest BCUT2D eigenvalue weighted by atomic mass is 10.1. The Hall–Kier alpha value is -0.770. The van der Waals surface area contributed by atoms with E-state index >= 15 is 0 Å². The zero-order chi connectivity index (χ0) is 11.5. The SMILES string of the molecule is CCC(CC1CO1)NC(=O)OC(C)(C)C. The molecule has 1 N–H and O–H groups in total. The molecule has 0 spiro atoms. The smallest absolute Gasteiger partial charge is 0.407 e. The molecule has 4 nitrogen and oxygen atoms in total. The van der Waals surface area contributed by atoms with Gasteiger partial charge < -0.3 is 14.8 Å². The number of ether oxygens (including phenoxy) is 2. The first kappa shape index (κ1) is 12.3. The first-order valence-electron chi connectivity index (χ1n) is 5.52. The van der Waals surface area contributed by atoms with Gasteiger partial charge in [-0.3, -0.25) is 0 Å². The quantitative estimate of drug-likeness (QED) is 0.730. The van der Waals surface area contributed by atoms with Crippen molar-refractivity contribution in [2.75, 3.05) is 6.61 Å². The highest BCUT2D eigenvalue weighted by molar-refractivity contribution is 5.68.